The van der Waals surface area contributed by atoms with Gasteiger partial charge in [-0.2, -0.15) is 0 Å². The first-order valence-corrected chi connectivity index (χ1v) is 6.95. The highest BCUT2D eigenvalue weighted by Crippen LogP contribution is 2.36. The molecule has 0 heterocycles. The van der Waals surface area contributed by atoms with Crippen molar-refractivity contribution in [2.75, 3.05) is 19.5 Å². The Morgan fingerprint density at radius 3 is 2.29 bits per heavy atom. The molecule has 0 aliphatic carbocycles. The van der Waals surface area contributed by atoms with Crippen LogP contribution in [0.4, 0.5) is 5.69 Å². The average Bonchev–Trinajstić information content (AvgIpc) is 2.38. The number of aliphatic carboxylic acids is 1. The van der Waals surface area contributed by atoms with Crippen molar-refractivity contribution >= 4 is 33.5 Å². The summed E-state index contributed by atoms with van der Waals surface area (Å²) in [6.45, 7) is 2.99. The summed E-state index contributed by atoms with van der Waals surface area (Å²) in [5.74, 6) is -0.439. The van der Waals surface area contributed by atoms with Crippen LogP contribution in [-0.4, -0.2) is 31.2 Å². The summed E-state index contributed by atoms with van der Waals surface area (Å²) >= 11 is 3.32. The molecular formula is C14H18BrNO5. The van der Waals surface area contributed by atoms with Crippen molar-refractivity contribution in [2.45, 2.75) is 20.3 Å². The van der Waals surface area contributed by atoms with E-state index in [-0.39, 0.29) is 6.42 Å². The van der Waals surface area contributed by atoms with E-state index < -0.39 is 17.3 Å². The molecule has 116 valence electrons. The van der Waals surface area contributed by atoms with Crippen molar-refractivity contribution in [1.29, 1.82) is 0 Å². The molecule has 1 aromatic carbocycles. The van der Waals surface area contributed by atoms with Gasteiger partial charge in [-0.3, -0.25) is 9.59 Å². The molecule has 0 bridgehead atoms. The Labute approximate surface area is 131 Å². The summed E-state index contributed by atoms with van der Waals surface area (Å²) in [6, 6.07) is 3.27. The molecule has 0 unspecified atom stereocenters. The monoisotopic (exact) mass is 359 g/mol. The maximum atomic E-state index is 12.0. The summed E-state index contributed by atoms with van der Waals surface area (Å²) in [6.07, 6.45) is -0.144. The zero-order valence-electron chi connectivity index (χ0n) is 12.3. The number of ether oxygens (including phenoxy) is 2. The first kappa shape index (κ1) is 17.3. The topological polar surface area (TPSA) is 84.9 Å². The second kappa shape index (κ2) is 6.80. The van der Waals surface area contributed by atoms with Crippen molar-refractivity contribution in [2.24, 2.45) is 5.41 Å². The van der Waals surface area contributed by atoms with Crippen LogP contribution in [0.5, 0.6) is 11.5 Å². The largest absolute Gasteiger partial charge is 0.495 e. The fraction of sp³-hybridized carbons (Fsp3) is 0.429. The quantitative estimate of drug-likeness (QED) is 0.815. The number of nitrogens with one attached hydrogen (secondary N) is 1. The molecule has 0 fully saturated rings. The predicted molar refractivity (Wildman–Crippen MR) is 81.9 cm³/mol. The molecule has 2 N–H and O–H groups in total. The van der Waals surface area contributed by atoms with Gasteiger partial charge in [0.1, 0.15) is 11.5 Å². The van der Waals surface area contributed by atoms with E-state index in [1.54, 1.807) is 12.1 Å². The van der Waals surface area contributed by atoms with Crippen LogP contribution in [0, 0.1) is 5.41 Å². The summed E-state index contributed by atoms with van der Waals surface area (Å²) < 4.78 is 11.0. The number of benzene rings is 1. The molecular weight excluding hydrogens is 342 g/mol. The number of anilines is 1. The number of amides is 1. The fourth-order valence-electron chi connectivity index (χ4n) is 1.63. The van der Waals surface area contributed by atoms with E-state index >= 15 is 0 Å². The maximum absolute atomic E-state index is 12.0. The second-order valence-electron chi connectivity index (χ2n) is 5.10. The molecule has 1 aromatic rings. The Kier molecular flexibility index (Phi) is 5.60. The summed E-state index contributed by atoms with van der Waals surface area (Å²) in [5.41, 5.74) is -0.697. The van der Waals surface area contributed by atoms with Gasteiger partial charge in [0.15, 0.2) is 0 Å². The van der Waals surface area contributed by atoms with E-state index in [2.05, 4.69) is 21.2 Å². The lowest BCUT2D eigenvalue weighted by molar-refractivity contribution is -0.148. The molecule has 0 saturated heterocycles. The zero-order valence-corrected chi connectivity index (χ0v) is 13.9. The number of methoxy groups -OCH3 is 2. The van der Waals surface area contributed by atoms with Crippen LogP contribution in [0.15, 0.2) is 16.6 Å². The average molecular weight is 360 g/mol. The van der Waals surface area contributed by atoms with Crippen LogP contribution < -0.4 is 14.8 Å². The number of carbonyl (C=O) groups is 2. The zero-order chi connectivity index (χ0) is 16.2. The number of carboxylic acid groups (broad SMARTS) is 1. The van der Waals surface area contributed by atoms with Gasteiger partial charge >= 0.3 is 5.97 Å². The smallest absolute Gasteiger partial charge is 0.309 e. The summed E-state index contributed by atoms with van der Waals surface area (Å²) in [5, 5.41) is 11.7. The molecule has 1 rings (SSSR count). The van der Waals surface area contributed by atoms with Crippen molar-refractivity contribution in [3.63, 3.8) is 0 Å². The first-order chi connectivity index (χ1) is 9.71. The third-order valence-corrected chi connectivity index (χ3v) is 3.55. The van der Waals surface area contributed by atoms with Gasteiger partial charge < -0.3 is 19.9 Å². The van der Waals surface area contributed by atoms with Crippen LogP contribution >= 0.6 is 15.9 Å². The van der Waals surface area contributed by atoms with Gasteiger partial charge in [-0.15, -0.1) is 0 Å². The van der Waals surface area contributed by atoms with Gasteiger partial charge in [0, 0.05) is 12.5 Å². The molecule has 0 radical (unpaired) electrons. The molecule has 0 aliphatic heterocycles. The standard InChI is InChI=1S/C14H18BrNO5/c1-14(2,13(18)19)7-12(17)16-9-5-8(15)10(20-3)6-11(9)21-4/h5-6H,7H2,1-4H3,(H,16,17)(H,18,19). The predicted octanol–water partition coefficient (Wildman–Crippen LogP) is 2.91. The number of hydrogen-bond donors (Lipinski definition) is 2. The number of halogens is 1. The molecule has 7 heteroatoms. The van der Waals surface area contributed by atoms with Crippen LogP contribution in [0.3, 0.4) is 0 Å². The SMILES string of the molecule is COc1cc(OC)c(NC(=O)CC(C)(C)C(=O)O)cc1Br. The Balaban J connectivity index is 2.95. The minimum Gasteiger partial charge on any atom is -0.495 e. The normalized spacial score (nSPS) is 10.9. The third kappa shape index (κ3) is 4.35. The van der Waals surface area contributed by atoms with E-state index in [0.717, 1.165) is 0 Å². The first-order valence-electron chi connectivity index (χ1n) is 6.16. The second-order valence-corrected chi connectivity index (χ2v) is 5.96. The van der Waals surface area contributed by atoms with E-state index in [1.807, 2.05) is 0 Å². The van der Waals surface area contributed by atoms with Crippen molar-refractivity contribution in [1.82, 2.24) is 0 Å². The molecule has 0 saturated carbocycles. The van der Waals surface area contributed by atoms with Crippen LogP contribution in [0.1, 0.15) is 20.3 Å². The minimum atomic E-state index is -1.14. The summed E-state index contributed by atoms with van der Waals surface area (Å²) in [4.78, 5) is 23.0. The van der Waals surface area contributed by atoms with E-state index in [1.165, 1.54) is 28.1 Å². The number of carboxylic acids is 1. The highest BCUT2D eigenvalue weighted by atomic mass is 79.9. The van der Waals surface area contributed by atoms with Gasteiger partial charge in [-0.1, -0.05) is 0 Å². The lowest BCUT2D eigenvalue weighted by Crippen LogP contribution is -2.29. The molecule has 0 aliphatic rings. The van der Waals surface area contributed by atoms with Gasteiger partial charge in [-0.25, -0.2) is 0 Å². The third-order valence-electron chi connectivity index (χ3n) is 2.93. The van der Waals surface area contributed by atoms with Gasteiger partial charge in [0.05, 0.1) is 29.8 Å². The Bertz CT molecular complexity index is 557. The van der Waals surface area contributed by atoms with Gasteiger partial charge in [0.25, 0.3) is 0 Å². The minimum absolute atomic E-state index is 0.144. The highest BCUT2D eigenvalue weighted by Gasteiger charge is 2.30. The summed E-state index contributed by atoms with van der Waals surface area (Å²) in [7, 11) is 2.99. The van der Waals surface area contributed by atoms with Crippen molar-refractivity contribution < 1.29 is 24.2 Å². The van der Waals surface area contributed by atoms with Gasteiger partial charge in [0.2, 0.25) is 5.91 Å². The van der Waals surface area contributed by atoms with E-state index in [9.17, 15) is 9.59 Å². The lowest BCUT2D eigenvalue weighted by atomic mass is 9.89. The lowest BCUT2D eigenvalue weighted by Gasteiger charge is -2.19. The number of carbonyl (C=O) groups excluding carboxylic acids is 1. The van der Waals surface area contributed by atoms with Crippen LogP contribution in [-0.2, 0) is 9.59 Å². The molecule has 21 heavy (non-hydrogen) atoms. The molecule has 0 spiro atoms. The molecule has 6 nitrogen and oxygen atoms in total. The van der Waals surface area contributed by atoms with Crippen LogP contribution in [0.25, 0.3) is 0 Å². The van der Waals surface area contributed by atoms with Gasteiger partial charge in [-0.05, 0) is 35.8 Å². The number of rotatable bonds is 6. The van der Waals surface area contributed by atoms with E-state index in [4.69, 9.17) is 14.6 Å². The van der Waals surface area contributed by atoms with E-state index in [0.29, 0.717) is 21.7 Å². The van der Waals surface area contributed by atoms with Crippen LogP contribution in [0.2, 0.25) is 0 Å². The molecule has 0 atom stereocenters. The van der Waals surface area contributed by atoms with Crippen molar-refractivity contribution in [3.05, 3.63) is 16.6 Å². The Hall–Kier alpha value is -1.76. The Morgan fingerprint density at radius 1 is 1.24 bits per heavy atom. The fourth-order valence-corrected chi connectivity index (χ4v) is 2.13. The Morgan fingerprint density at radius 2 is 1.81 bits per heavy atom. The molecule has 1 amide bonds. The highest BCUT2D eigenvalue weighted by molar-refractivity contribution is 9.10. The van der Waals surface area contributed by atoms with Crippen molar-refractivity contribution in [3.8, 4) is 11.5 Å². The maximum Gasteiger partial charge on any atom is 0.309 e. The number of hydrogen-bond acceptors (Lipinski definition) is 4. The molecule has 0 aromatic heterocycles.